The predicted octanol–water partition coefficient (Wildman–Crippen LogP) is 3.98. The fraction of sp³-hybridized carbons (Fsp3) is 0.286. The van der Waals surface area contributed by atoms with Crippen LogP contribution in [0.5, 0.6) is 0 Å². The molecule has 0 aliphatic carbocycles. The summed E-state index contributed by atoms with van der Waals surface area (Å²) in [6, 6.07) is 8.63. The minimum Gasteiger partial charge on any atom is -0.340 e. The molecular formula is C21H23FN4O. The summed E-state index contributed by atoms with van der Waals surface area (Å²) in [7, 11) is 1.83. The zero-order valence-electron chi connectivity index (χ0n) is 16.0. The maximum Gasteiger partial charge on any atom is 0.274 e. The first-order valence-electron chi connectivity index (χ1n) is 8.85. The molecule has 140 valence electrons. The Bertz CT molecular complexity index is 964. The summed E-state index contributed by atoms with van der Waals surface area (Å²) in [4.78, 5) is 23.0. The van der Waals surface area contributed by atoms with Crippen LogP contribution in [0.3, 0.4) is 0 Å². The molecular weight excluding hydrogens is 343 g/mol. The van der Waals surface area contributed by atoms with E-state index in [0.29, 0.717) is 23.5 Å². The van der Waals surface area contributed by atoms with E-state index in [0.717, 1.165) is 11.1 Å². The van der Waals surface area contributed by atoms with Crippen LogP contribution in [-0.4, -0.2) is 31.4 Å². The second-order valence-electron chi connectivity index (χ2n) is 6.98. The number of nitrogens with zero attached hydrogens (tertiary/aromatic N) is 4. The molecule has 6 heteroatoms. The van der Waals surface area contributed by atoms with Crippen LogP contribution in [0.4, 0.5) is 4.39 Å². The van der Waals surface area contributed by atoms with Gasteiger partial charge in [0, 0.05) is 37.6 Å². The van der Waals surface area contributed by atoms with Crippen LogP contribution in [0.2, 0.25) is 0 Å². The fourth-order valence-corrected chi connectivity index (χ4v) is 2.91. The Labute approximate surface area is 158 Å². The third-order valence-electron chi connectivity index (χ3n) is 4.38. The van der Waals surface area contributed by atoms with Crippen molar-refractivity contribution in [2.45, 2.75) is 33.4 Å². The van der Waals surface area contributed by atoms with E-state index in [-0.39, 0.29) is 17.8 Å². The second kappa shape index (κ2) is 7.70. The average Bonchev–Trinajstić information content (AvgIpc) is 3.07. The molecule has 0 saturated heterocycles. The second-order valence-corrected chi connectivity index (χ2v) is 6.98. The largest absolute Gasteiger partial charge is 0.340 e. The Morgan fingerprint density at radius 3 is 2.67 bits per heavy atom. The Balaban J connectivity index is 1.89. The topological polar surface area (TPSA) is 51.0 Å². The minimum absolute atomic E-state index is 0.00757. The first kappa shape index (κ1) is 18.8. The van der Waals surface area contributed by atoms with Crippen molar-refractivity contribution >= 4 is 5.91 Å². The molecule has 0 bridgehead atoms. The third-order valence-corrected chi connectivity index (χ3v) is 4.38. The van der Waals surface area contributed by atoms with E-state index in [1.54, 1.807) is 40.3 Å². The molecule has 0 atom stereocenters. The summed E-state index contributed by atoms with van der Waals surface area (Å²) in [5.74, 6) is -0.443. The molecule has 0 aliphatic rings. The van der Waals surface area contributed by atoms with E-state index < -0.39 is 0 Å². The summed E-state index contributed by atoms with van der Waals surface area (Å²) in [5.41, 5.74) is 3.28. The summed E-state index contributed by atoms with van der Waals surface area (Å²) in [6.45, 7) is 6.24. The lowest BCUT2D eigenvalue weighted by Gasteiger charge is -2.26. The van der Waals surface area contributed by atoms with E-state index >= 15 is 0 Å². The molecule has 0 spiro atoms. The number of rotatable bonds is 5. The maximum atomic E-state index is 14.2. The number of carbonyl (C=O) groups is 1. The van der Waals surface area contributed by atoms with Gasteiger partial charge in [0.05, 0.1) is 12.0 Å². The highest BCUT2D eigenvalue weighted by atomic mass is 19.1. The van der Waals surface area contributed by atoms with Crippen LogP contribution in [0, 0.1) is 12.7 Å². The maximum absolute atomic E-state index is 14.2. The van der Waals surface area contributed by atoms with Gasteiger partial charge in [0.2, 0.25) is 0 Å². The number of carbonyl (C=O) groups excluding carboxylic acids is 1. The molecule has 0 radical (unpaired) electrons. The van der Waals surface area contributed by atoms with Gasteiger partial charge in [-0.3, -0.25) is 9.78 Å². The lowest BCUT2D eigenvalue weighted by atomic mass is 10.1. The number of amides is 1. The van der Waals surface area contributed by atoms with Gasteiger partial charge in [-0.1, -0.05) is 11.6 Å². The monoisotopic (exact) mass is 366 g/mol. The number of pyridine rings is 1. The molecule has 27 heavy (non-hydrogen) atoms. The standard InChI is InChI=1S/C21H23FN4O/c1-14(2)26(21(27)20-12-25(4)13-24-20)11-16-7-8-23-19(10-16)17-9-15(3)5-6-18(17)22/h5-10,12-14H,11H2,1-4H3. The average molecular weight is 366 g/mol. The van der Waals surface area contributed by atoms with Crippen LogP contribution in [0.25, 0.3) is 11.3 Å². The Hall–Kier alpha value is -3.02. The zero-order valence-corrected chi connectivity index (χ0v) is 16.0. The number of aryl methyl sites for hydroxylation is 2. The molecule has 1 aromatic carbocycles. The summed E-state index contributed by atoms with van der Waals surface area (Å²) in [6.07, 6.45) is 4.96. The predicted molar refractivity (Wildman–Crippen MR) is 103 cm³/mol. The van der Waals surface area contributed by atoms with Crippen molar-refractivity contribution in [2.24, 2.45) is 7.05 Å². The van der Waals surface area contributed by atoms with Gasteiger partial charge in [0.25, 0.3) is 5.91 Å². The first-order valence-corrected chi connectivity index (χ1v) is 8.85. The van der Waals surface area contributed by atoms with Crippen molar-refractivity contribution in [3.63, 3.8) is 0 Å². The van der Waals surface area contributed by atoms with Gasteiger partial charge in [-0.2, -0.15) is 0 Å². The van der Waals surface area contributed by atoms with E-state index in [9.17, 15) is 9.18 Å². The van der Waals surface area contributed by atoms with Crippen molar-refractivity contribution < 1.29 is 9.18 Å². The van der Waals surface area contributed by atoms with Gasteiger partial charge in [-0.25, -0.2) is 9.37 Å². The highest BCUT2D eigenvalue weighted by Gasteiger charge is 2.21. The van der Waals surface area contributed by atoms with E-state index in [1.165, 1.54) is 6.07 Å². The molecule has 0 unspecified atom stereocenters. The molecule has 0 aliphatic heterocycles. The van der Waals surface area contributed by atoms with Crippen molar-refractivity contribution in [2.75, 3.05) is 0 Å². The van der Waals surface area contributed by atoms with Gasteiger partial charge in [-0.05, 0) is 50.6 Å². The van der Waals surface area contributed by atoms with E-state index in [2.05, 4.69) is 9.97 Å². The Morgan fingerprint density at radius 1 is 1.22 bits per heavy atom. The first-order chi connectivity index (χ1) is 12.8. The number of hydrogen-bond donors (Lipinski definition) is 0. The molecule has 3 rings (SSSR count). The SMILES string of the molecule is Cc1ccc(F)c(-c2cc(CN(C(=O)c3cn(C)cn3)C(C)C)ccn2)c1. The zero-order chi connectivity index (χ0) is 19.6. The number of imidazole rings is 1. The van der Waals surface area contributed by atoms with Crippen molar-refractivity contribution in [3.8, 4) is 11.3 Å². The summed E-state index contributed by atoms with van der Waals surface area (Å²) in [5, 5.41) is 0. The lowest BCUT2D eigenvalue weighted by Crippen LogP contribution is -2.36. The molecule has 0 N–H and O–H groups in total. The smallest absolute Gasteiger partial charge is 0.274 e. The van der Waals surface area contributed by atoms with Crippen LogP contribution < -0.4 is 0 Å². The number of benzene rings is 1. The lowest BCUT2D eigenvalue weighted by molar-refractivity contribution is 0.0684. The van der Waals surface area contributed by atoms with Gasteiger partial charge in [-0.15, -0.1) is 0 Å². The van der Waals surface area contributed by atoms with Crippen molar-refractivity contribution in [3.05, 3.63) is 71.7 Å². The van der Waals surface area contributed by atoms with Gasteiger partial charge in [0.15, 0.2) is 0 Å². The third kappa shape index (κ3) is 4.22. The molecule has 3 aromatic rings. The molecule has 0 fully saturated rings. The molecule has 2 aromatic heterocycles. The minimum atomic E-state index is -0.310. The number of halogens is 1. The van der Waals surface area contributed by atoms with Crippen molar-refractivity contribution in [1.82, 2.24) is 19.4 Å². The van der Waals surface area contributed by atoms with Crippen LogP contribution in [0.15, 0.2) is 49.1 Å². The van der Waals surface area contributed by atoms with Gasteiger partial charge in [0.1, 0.15) is 11.5 Å². The summed E-state index contributed by atoms with van der Waals surface area (Å²) < 4.78 is 16.0. The molecule has 0 saturated carbocycles. The quantitative estimate of drug-likeness (QED) is 0.686. The normalized spacial score (nSPS) is 11.0. The van der Waals surface area contributed by atoms with Crippen LogP contribution >= 0.6 is 0 Å². The van der Waals surface area contributed by atoms with Crippen molar-refractivity contribution in [1.29, 1.82) is 0 Å². The number of aromatic nitrogens is 3. The Morgan fingerprint density at radius 2 is 2.00 bits per heavy atom. The highest BCUT2D eigenvalue weighted by molar-refractivity contribution is 5.92. The summed E-state index contributed by atoms with van der Waals surface area (Å²) >= 11 is 0. The van der Waals surface area contributed by atoms with E-state index in [1.807, 2.05) is 40.0 Å². The highest BCUT2D eigenvalue weighted by Crippen LogP contribution is 2.23. The number of hydrogen-bond acceptors (Lipinski definition) is 3. The van der Waals surface area contributed by atoms with Crippen LogP contribution in [0.1, 0.15) is 35.5 Å². The Kier molecular flexibility index (Phi) is 5.35. The van der Waals surface area contributed by atoms with Crippen LogP contribution in [-0.2, 0) is 13.6 Å². The molecule has 1 amide bonds. The molecule has 5 nitrogen and oxygen atoms in total. The molecule has 2 heterocycles. The fourth-order valence-electron chi connectivity index (χ4n) is 2.91. The van der Waals surface area contributed by atoms with Gasteiger partial charge >= 0.3 is 0 Å². The van der Waals surface area contributed by atoms with Gasteiger partial charge < -0.3 is 9.47 Å². The van der Waals surface area contributed by atoms with E-state index in [4.69, 9.17) is 0 Å².